The summed E-state index contributed by atoms with van der Waals surface area (Å²) >= 11 is 0. The number of halogens is 3. The highest BCUT2D eigenvalue weighted by Gasteiger charge is 2.07. The molecule has 2 aromatic rings. The number of hydrogen-bond acceptors (Lipinski definition) is 1. The summed E-state index contributed by atoms with van der Waals surface area (Å²) in [6.07, 6.45) is 0.442. The number of benzene rings is 2. The maximum atomic E-state index is 13.3. The van der Waals surface area contributed by atoms with Gasteiger partial charge in [0.2, 0.25) is 0 Å². The van der Waals surface area contributed by atoms with Gasteiger partial charge in [-0.3, -0.25) is 0 Å². The minimum absolute atomic E-state index is 0.111. The van der Waals surface area contributed by atoms with Crippen LogP contribution in [0.2, 0.25) is 0 Å². The van der Waals surface area contributed by atoms with E-state index in [1.807, 2.05) is 0 Å². The zero-order chi connectivity index (χ0) is 15.2. The van der Waals surface area contributed by atoms with Gasteiger partial charge in [0.25, 0.3) is 0 Å². The van der Waals surface area contributed by atoms with E-state index in [0.29, 0.717) is 12.5 Å². The first-order chi connectivity index (χ1) is 10.0. The zero-order valence-electron chi connectivity index (χ0n) is 11.0. The summed E-state index contributed by atoms with van der Waals surface area (Å²) in [5.74, 6) is -1.91. The summed E-state index contributed by atoms with van der Waals surface area (Å²) in [4.78, 5) is 11.6. The number of hydrogen-bond donors (Lipinski definition) is 2. The van der Waals surface area contributed by atoms with Crippen LogP contribution in [0, 0.1) is 17.5 Å². The quantitative estimate of drug-likeness (QED) is 0.890. The molecule has 21 heavy (non-hydrogen) atoms. The zero-order valence-corrected chi connectivity index (χ0v) is 11.0. The van der Waals surface area contributed by atoms with E-state index in [2.05, 4.69) is 10.6 Å². The van der Waals surface area contributed by atoms with E-state index in [9.17, 15) is 18.0 Å². The number of rotatable bonds is 4. The molecule has 0 aliphatic heterocycles. The normalized spacial score (nSPS) is 10.2. The molecule has 2 aromatic carbocycles. The summed E-state index contributed by atoms with van der Waals surface area (Å²) in [5.41, 5.74) is 0.628. The van der Waals surface area contributed by atoms with E-state index in [-0.39, 0.29) is 18.0 Å². The van der Waals surface area contributed by atoms with Crippen molar-refractivity contribution in [2.24, 2.45) is 0 Å². The van der Waals surface area contributed by atoms with E-state index in [1.54, 1.807) is 12.1 Å². The molecule has 6 heteroatoms. The van der Waals surface area contributed by atoms with Crippen LogP contribution in [-0.2, 0) is 6.42 Å². The average molecular weight is 294 g/mol. The van der Waals surface area contributed by atoms with E-state index < -0.39 is 17.7 Å². The van der Waals surface area contributed by atoms with Crippen molar-refractivity contribution < 1.29 is 18.0 Å². The van der Waals surface area contributed by atoms with Crippen molar-refractivity contribution in [2.45, 2.75) is 6.42 Å². The van der Waals surface area contributed by atoms with Crippen LogP contribution in [-0.4, -0.2) is 12.6 Å². The summed E-state index contributed by atoms with van der Waals surface area (Å²) in [5, 5.41) is 4.78. The Bertz CT molecular complexity index is 647. The van der Waals surface area contributed by atoms with Crippen molar-refractivity contribution in [3.8, 4) is 0 Å². The van der Waals surface area contributed by atoms with E-state index >= 15 is 0 Å². The molecule has 0 unspecified atom stereocenters. The van der Waals surface area contributed by atoms with E-state index in [1.165, 1.54) is 12.1 Å². The van der Waals surface area contributed by atoms with Gasteiger partial charge in [-0.25, -0.2) is 18.0 Å². The lowest BCUT2D eigenvalue weighted by atomic mass is 10.1. The van der Waals surface area contributed by atoms with Gasteiger partial charge < -0.3 is 10.6 Å². The van der Waals surface area contributed by atoms with Crippen LogP contribution in [0.5, 0.6) is 0 Å². The van der Waals surface area contributed by atoms with Gasteiger partial charge in [0.05, 0.1) is 5.69 Å². The highest BCUT2D eigenvalue weighted by Crippen LogP contribution is 2.14. The second-order valence-electron chi connectivity index (χ2n) is 4.38. The average Bonchev–Trinajstić information content (AvgIpc) is 2.42. The van der Waals surface area contributed by atoms with Crippen LogP contribution in [0.15, 0.2) is 42.5 Å². The van der Waals surface area contributed by atoms with Gasteiger partial charge in [-0.2, -0.15) is 0 Å². The van der Waals surface area contributed by atoms with Crippen molar-refractivity contribution in [2.75, 3.05) is 11.9 Å². The first kappa shape index (κ1) is 14.9. The fourth-order valence-electron chi connectivity index (χ4n) is 1.77. The summed E-state index contributed by atoms with van der Waals surface area (Å²) in [7, 11) is 0. The summed E-state index contributed by atoms with van der Waals surface area (Å²) < 4.78 is 39.0. The maximum absolute atomic E-state index is 13.3. The molecular formula is C15H13F3N2O. The Hall–Kier alpha value is -2.50. The van der Waals surface area contributed by atoms with Crippen LogP contribution in [0.3, 0.4) is 0 Å². The molecule has 0 atom stereocenters. The largest absolute Gasteiger partial charge is 0.338 e. The van der Waals surface area contributed by atoms with Gasteiger partial charge in [0, 0.05) is 12.6 Å². The van der Waals surface area contributed by atoms with Crippen LogP contribution < -0.4 is 10.6 Å². The minimum atomic E-state index is -0.852. The molecule has 0 radical (unpaired) electrons. The third-order valence-electron chi connectivity index (χ3n) is 2.77. The highest BCUT2D eigenvalue weighted by molar-refractivity contribution is 5.89. The number of carbonyl (C=O) groups is 1. The topological polar surface area (TPSA) is 41.1 Å². The smallest absolute Gasteiger partial charge is 0.319 e. The fraction of sp³-hybridized carbons (Fsp3) is 0.133. The van der Waals surface area contributed by atoms with Gasteiger partial charge in [0.15, 0.2) is 0 Å². The highest BCUT2D eigenvalue weighted by atomic mass is 19.1. The Morgan fingerprint density at radius 1 is 1.00 bits per heavy atom. The van der Waals surface area contributed by atoms with Crippen LogP contribution in [0.25, 0.3) is 0 Å². The molecule has 2 amide bonds. The molecule has 2 N–H and O–H groups in total. The van der Waals surface area contributed by atoms with E-state index in [4.69, 9.17) is 0 Å². The van der Waals surface area contributed by atoms with E-state index in [0.717, 1.165) is 17.7 Å². The Morgan fingerprint density at radius 3 is 2.48 bits per heavy atom. The van der Waals surface area contributed by atoms with Crippen molar-refractivity contribution in [1.29, 1.82) is 0 Å². The van der Waals surface area contributed by atoms with Gasteiger partial charge in [-0.1, -0.05) is 12.1 Å². The molecule has 0 aliphatic rings. The van der Waals surface area contributed by atoms with Gasteiger partial charge >= 0.3 is 6.03 Å². The fourth-order valence-corrected chi connectivity index (χ4v) is 1.77. The predicted octanol–water partition coefficient (Wildman–Crippen LogP) is 3.47. The lowest BCUT2D eigenvalue weighted by molar-refractivity contribution is 0.252. The molecule has 2 rings (SSSR count). The Balaban J connectivity index is 1.82. The molecule has 0 heterocycles. The Morgan fingerprint density at radius 2 is 1.76 bits per heavy atom. The van der Waals surface area contributed by atoms with Crippen molar-refractivity contribution >= 4 is 11.7 Å². The molecule has 0 bridgehead atoms. The molecule has 3 nitrogen and oxygen atoms in total. The predicted molar refractivity (Wildman–Crippen MR) is 73.5 cm³/mol. The number of amides is 2. The Kier molecular flexibility index (Phi) is 4.81. The second kappa shape index (κ2) is 6.78. The third kappa shape index (κ3) is 4.52. The van der Waals surface area contributed by atoms with Crippen LogP contribution in [0.1, 0.15) is 5.56 Å². The van der Waals surface area contributed by atoms with Crippen molar-refractivity contribution in [3.05, 3.63) is 65.5 Å². The summed E-state index contributed by atoms with van der Waals surface area (Å²) in [6.45, 7) is 0.262. The lowest BCUT2D eigenvalue weighted by Gasteiger charge is -2.08. The first-order valence-corrected chi connectivity index (χ1v) is 6.29. The molecular weight excluding hydrogens is 281 g/mol. The molecule has 0 aliphatic carbocycles. The molecule has 110 valence electrons. The lowest BCUT2D eigenvalue weighted by Crippen LogP contribution is -2.30. The molecule has 0 aromatic heterocycles. The standard InChI is InChI=1S/C15H13F3N2O/c16-11-3-1-2-10(8-11)6-7-19-15(21)20-14-5-4-12(17)9-13(14)18/h1-5,8-9H,6-7H2,(H2,19,20,21). The molecule has 0 saturated carbocycles. The molecule has 0 saturated heterocycles. The third-order valence-corrected chi connectivity index (χ3v) is 2.77. The minimum Gasteiger partial charge on any atom is -0.338 e. The molecule has 0 fully saturated rings. The SMILES string of the molecule is O=C(NCCc1cccc(F)c1)Nc1ccc(F)cc1F. The maximum Gasteiger partial charge on any atom is 0.319 e. The molecule has 0 spiro atoms. The van der Waals surface area contributed by atoms with Crippen molar-refractivity contribution in [3.63, 3.8) is 0 Å². The number of carbonyl (C=O) groups excluding carboxylic acids is 1. The van der Waals surface area contributed by atoms with Gasteiger partial charge in [-0.05, 0) is 36.2 Å². The second-order valence-corrected chi connectivity index (χ2v) is 4.38. The van der Waals surface area contributed by atoms with Crippen molar-refractivity contribution in [1.82, 2.24) is 5.32 Å². The number of nitrogens with one attached hydrogen (secondary N) is 2. The van der Waals surface area contributed by atoms with Crippen LogP contribution in [0.4, 0.5) is 23.7 Å². The van der Waals surface area contributed by atoms with Gasteiger partial charge in [0.1, 0.15) is 17.5 Å². The monoisotopic (exact) mass is 294 g/mol. The first-order valence-electron chi connectivity index (χ1n) is 6.29. The number of anilines is 1. The van der Waals surface area contributed by atoms with Crippen LogP contribution >= 0.6 is 0 Å². The Labute approximate surface area is 119 Å². The number of urea groups is 1. The summed E-state index contributed by atoms with van der Waals surface area (Å²) in [6, 6.07) is 8.28. The van der Waals surface area contributed by atoms with Gasteiger partial charge in [-0.15, -0.1) is 0 Å².